The van der Waals surface area contributed by atoms with Crippen LogP contribution in [0, 0.1) is 0 Å². The third-order valence-corrected chi connectivity index (χ3v) is 3.65. The molecule has 0 aromatic heterocycles. The molecule has 1 aromatic rings. The number of rotatable bonds is 8. The number of hydrogen-bond acceptors (Lipinski definition) is 6. The highest BCUT2D eigenvalue weighted by Crippen LogP contribution is 2.18. The second kappa shape index (κ2) is 8.62. The summed E-state index contributed by atoms with van der Waals surface area (Å²) in [6.07, 6.45) is -0.479. The number of ketones is 1. The van der Waals surface area contributed by atoms with Gasteiger partial charge >= 0.3 is 11.9 Å². The van der Waals surface area contributed by atoms with Gasteiger partial charge in [-0.2, -0.15) is 0 Å². The molecule has 0 saturated carbocycles. The number of esters is 1. The van der Waals surface area contributed by atoms with Crippen LogP contribution in [-0.2, 0) is 14.3 Å². The zero-order chi connectivity index (χ0) is 20.1. The van der Waals surface area contributed by atoms with Gasteiger partial charge in [0.15, 0.2) is 5.78 Å². The summed E-state index contributed by atoms with van der Waals surface area (Å²) in [5.41, 5.74) is -1.15. The maximum atomic E-state index is 11.9. The number of carboxylic acids is 1. The zero-order valence-electron chi connectivity index (χ0n) is 15.5. The summed E-state index contributed by atoms with van der Waals surface area (Å²) in [7, 11) is 0. The number of aliphatic hydroxyl groups is 1. The van der Waals surface area contributed by atoms with Crippen LogP contribution in [0.3, 0.4) is 0 Å². The van der Waals surface area contributed by atoms with Gasteiger partial charge in [-0.05, 0) is 58.9 Å². The smallest absolute Gasteiger partial charge is 0.334 e. The van der Waals surface area contributed by atoms with Crippen LogP contribution < -0.4 is 4.74 Å². The molecule has 0 amide bonds. The molecule has 7 heteroatoms. The van der Waals surface area contributed by atoms with E-state index in [1.807, 2.05) is 0 Å². The van der Waals surface area contributed by atoms with Crippen LogP contribution >= 0.6 is 0 Å². The van der Waals surface area contributed by atoms with Crippen molar-refractivity contribution in [3.8, 4) is 5.75 Å². The molecular formula is C19H24O7. The van der Waals surface area contributed by atoms with Gasteiger partial charge in [0.1, 0.15) is 24.1 Å². The summed E-state index contributed by atoms with van der Waals surface area (Å²) >= 11 is 0. The Kier molecular flexibility index (Phi) is 7.09. The second-order valence-corrected chi connectivity index (χ2v) is 6.49. The SMILES string of the molecule is C/C(C(=O)O)=C(/C)C(=O)OCC(C)Oc1ccc(C(=O)C(C)(C)O)cc1. The fourth-order valence-electron chi connectivity index (χ4n) is 1.92. The standard InChI is InChI=1S/C19H24O7/c1-11(10-25-18(23)13(3)12(2)17(21)22)26-15-8-6-14(7-9-15)16(20)19(4,5)24/h6-9,11,24H,10H2,1-5H3,(H,21,22)/b13-12+. The van der Waals surface area contributed by atoms with Gasteiger partial charge in [-0.3, -0.25) is 4.79 Å². The van der Waals surface area contributed by atoms with E-state index < -0.39 is 29.4 Å². The maximum absolute atomic E-state index is 11.9. The molecule has 2 N–H and O–H groups in total. The van der Waals surface area contributed by atoms with Crippen LogP contribution in [0.5, 0.6) is 5.75 Å². The van der Waals surface area contributed by atoms with Crippen molar-refractivity contribution >= 4 is 17.7 Å². The van der Waals surface area contributed by atoms with Crippen molar-refractivity contribution in [2.45, 2.75) is 46.3 Å². The van der Waals surface area contributed by atoms with E-state index in [1.54, 1.807) is 19.1 Å². The van der Waals surface area contributed by atoms with Crippen molar-refractivity contribution in [3.63, 3.8) is 0 Å². The summed E-state index contributed by atoms with van der Waals surface area (Å²) in [6.45, 7) is 7.17. The molecule has 1 rings (SSSR count). The first-order valence-corrected chi connectivity index (χ1v) is 8.05. The van der Waals surface area contributed by atoms with Crippen LogP contribution in [-0.4, -0.2) is 46.2 Å². The van der Waals surface area contributed by atoms with Gasteiger partial charge in [0.25, 0.3) is 0 Å². The lowest BCUT2D eigenvalue weighted by Gasteiger charge is -2.17. The third kappa shape index (κ3) is 6.00. The summed E-state index contributed by atoms with van der Waals surface area (Å²) < 4.78 is 10.6. The van der Waals surface area contributed by atoms with Crippen molar-refractivity contribution < 1.29 is 34.1 Å². The molecular weight excluding hydrogens is 340 g/mol. The summed E-state index contributed by atoms with van der Waals surface area (Å²) in [5.74, 6) is -1.83. The highest BCUT2D eigenvalue weighted by molar-refractivity contribution is 6.01. The van der Waals surface area contributed by atoms with Gasteiger partial charge in [0.05, 0.1) is 0 Å². The summed E-state index contributed by atoms with van der Waals surface area (Å²) in [5, 5.41) is 18.6. The lowest BCUT2D eigenvalue weighted by atomic mass is 9.97. The minimum absolute atomic E-state index is 0.0270. The molecule has 142 valence electrons. The van der Waals surface area contributed by atoms with E-state index in [0.717, 1.165) is 0 Å². The number of carbonyl (C=O) groups excluding carboxylic acids is 2. The predicted octanol–water partition coefficient (Wildman–Crippen LogP) is 2.37. The molecule has 0 radical (unpaired) electrons. The van der Waals surface area contributed by atoms with Crippen molar-refractivity contribution in [2.24, 2.45) is 0 Å². The van der Waals surface area contributed by atoms with Crippen molar-refractivity contribution in [2.75, 3.05) is 6.61 Å². The average Bonchev–Trinajstić information content (AvgIpc) is 2.57. The molecule has 26 heavy (non-hydrogen) atoms. The molecule has 0 aliphatic carbocycles. The van der Waals surface area contributed by atoms with Crippen molar-refractivity contribution in [1.82, 2.24) is 0 Å². The number of hydrogen-bond donors (Lipinski definition) is 2. The second-order valence-electron chi connectivity index (χ2n) is 6.49. The van der Waals surface area contributed by atoms with E-state index in [1.165, 1.54) is 39.8 Å². The largest absolute Gasteiger partial charge is 0.487 e. The summed E-state index contributed by atoms with van der Waals surface area (Å²) in [6, 6.07) is 6.24. The quantitative estimate of drug-likeness (QED) is 0.414. The predicted molar refractivity (Wildman–Crippen MR) is 94.1 cm³/mol. The first-order chi connectivity index (χ1) is 11.9. The van der Waals surface area contributed by atoms with Crippen LogP contribution in [0.15, 0.2) is 35.4 Å². The van der Waals surface area contributed by atoms with Gasteiger partial charge < -0.3 is 19.7 Å². The molecule has 1 aromatic carbocycles. The number of carbonyl (C=O) groups is 3. The van der Waals surface area contributed by atoms with Gasteiger partial charge in [0.2, 0.25) is 0 Å². The normalized spacial score (nSPS) is 13.5. The molecule has 0 saturated heterocycles. The number of aliphatic carboxylic acids is 1. The number of carboxylic acid groups (broad SMARTS) is 1. The number of benzene rings is 1. The molecule has 1 unspecified atom stereocenters. The average molecular weight is 364 g/mol. The monoisotopic (exact) mass is 364 g/mol. The Morgan fingerprint density at radius 2 is 1.62 bits per heavy atom. The highest BCUT2D eigenvalue weighted by Gasteiger charge is 2.25. The Balaban J connectivity index is 2.62. The molecule has 0 bridgehead atoms. The zero-order valence-corrected chi connectivity index (χ0v) is 15.5. The molecule has 0 fully saturated rings. The van der Waals surface area contributed by atoms with E-state index in [-0.39, 0.29) is 17.8 Å². The number of Topliss-reactive ketones (excluding diaryl/α,β-unsaturated/α-hetero) is 1. The lowest BCUT2D eigenvalue weighted by molar-refractivity contribution is -0.142. The van der Waals surface area contributed by atoms with E-state index >= 15 is 0 Å². The van der Waals surface area contributed by atoms with E-state index in [4.69, 9.17) is 14.6 Å². The van der Waals surface area contributed by atoms with Crippen LogP contribution in [0.2, 0.25) is 0 Å². The van der Waals surface area contributed by atoms with Crippen molar-refractivity contribution in [1.29, 1.82) is 0 Å². The Morgan fingerprint density at radius 3 is 2.08 bits per heavy atom. The molecule has 0 aliphatic heterocycles. The van der Waals surface area contributed by atoms with Crippen molar-refractivity contribution in [3.05, 3.63) is 41.0 Å². The van der Waals surface area contributed by atoms with Crippen LogP contribution in [0.25, 0.3) is 0 Å². The fraction of sp³-hybridized carbons (Fsp3) is 0.421. The first-order valence-electron chi connectivity index (χ1n) is 8.05. The molecule has 0 spiro atoms. The van der Waals surface area contributed by atoms with E-state index in [0.29, 0.717) is 11.3 Å². The topological polar surface area (TPSA) is 110 Å². The van der Waals surface area contributed by atoms with E-state index in [9.17, 15) is 19.5 Å². The highest BCUT2D eigenvalue weighted by atomic mass is 16.6. The Bertz CT molecular complexity index is 708. The Hall–Kier alpha value is -2.67. The molecule has 1 atom stereocenters. The van der Waals surface area contributed by atoms with E-state index in [2.05, 4.69) is 0 Å². The van der Waals surface area contributed by atoms with Crippen LogP contribution in [0.4, 0.5) is 0 Å². The fourth-order valence-corrected chi connectivity index (χ4v) is 1.92. The maximum Gasteiger partial charge on any atom is 0.334 e. The van der Waals surface area contributed by atoms with Crippen LogP contribution in [0.1, 0.15) is 45.0 Å². The summed E-state index contributed by atoms with van der Waals surface area (Å²) in [4.78, 5) is 34.6. The van der Waals surface area contributed by atoms with Gasteiger partial charge in [-0.15, -0.1) is 0 Å². The Labute approximate surface area is 152 Å². The molecule has 0 aliphatic rings. The lowest BCUT2D eigenvalue weighted by Crippen LogP contribution is -2.31. The minimum atomic E-state index is -1.46. The Morgan fingerprint density at radius 1 is 1.08 bits per heavy atom. The minimum Gasteiger partial charge on any atom is -0.487 e. The van der Waals surface area contributed by atoms with Gasteiger partial charge in [-0.25, -0.2) is 9.59 Å². The van der Waals surface area contributed by atoms with Gasteiger partial charge in [-0.1, -0.05) is 0 Å². The molecule has 0 heterocycles. The number of ether oxygens (including phenoxy) is 2. The third-order valence-electron chi connectivity index (χ3n) is 3.65. The van der Waals surface area contributed by atoms with Gasteiger partial charge in [0, 0.05) is 16.7 Å². The molecule has 7 nitrogen and oxygen atoms in total. The first kappa shape index (κ1) is 21.4.